The third-order valence-electron chi connectivity index (χ3n) is 4.26. The number of hydrogen-bond acceptors (Lipinski definition) is 3. The summed E-state index contributed by atoms with van der Waals surface area (Å²) < 4.78 is 26.7. The van der Waals surface area contributed by atoms with Gasteiger partial charge in [0.2, 0.25) is 0 Å². The summed E-state index contributed by atoms with van der Waals surface area (Å²) in [5, 5.41) is 2.72. The molecule has 1 saturated carbocycles. The Morgan fingerprint density at radius 3 is 2.76 bits per heavy atom. The van der Waals surface area contributed by atoms with Crippen LogP contribution in [-0.4, -0.2) is 36.5 Å². The van der Waals surface area contributed by atoms with E-state index in [4.69, 9.17) is 5.73 Å². The molecule has 1 heterocycles. The van der Waals surface area contributed by atoms with Crippen molar-refractivity contribution in [2.24, 2.45) is 5.92 Å². The molecule has 114 valence electrons. The third kappa shape index (κ3) is 3.15. The SMILES string of the molecule is Nc1cc(C(=O)NCC2CCN(C3CC3)C2)c(F)cc1F. The summed E-state index contributed by atoms with van der Waals surface area (Å²) >= 11 is 0. The van der Waals surface area contributed by atoms with Crippen molar-refractivity contribution in [3.05, 3.63) is 29.3 Å². The van der Waals surface area contributed by atoms with E-state index in [-0.39, 0.29) is 11.3 Å². The predicted octanol–water partition coefficient (Wildman–Crippen LogP) is 1.76. The van der Waals surface area contributed by atoms with E-state index in [0.29, 0.717) is 18.5 Å². The lowest BCUT2D eigenvalue weighted by Gasteiger charge is -2.15. The Morgan fingerprint density at radius 1 is 1.29 bits per heavy atom. The summed E-state index contributed by atoms with van der Waals surface area (Å²) in [5.41, 5.74) is 4.95. The van der Waals surface area contributed by atoms with Crippen LogP contribution in [0.25, 0.3) is 0 Å². The first-order chi connectivity index (χ1) is 10.0. The van der Waals surface area contributed by atoms with E-state index >= 15 is 0 Å². The molecule has 0 aromatic heterocycles. The molecule has 0 spiro atoms. The average molecular weight is 295 g/mol. The zero-order chi connectivity index (χ0) is 15.0. The molecule has 1 aromatic rings. The number of benzene rings is 1. The highest BCUT2D eigenvalue weighted by Gasteiger charge is 2.34. The Kier molecular flexibility index (Phi) is 3.80. The number of hydrogen-bond donors (Lipinski definition) is 2. The van der Waals surface area contributed by atoms with E-state index in [1.165, 1.54) is 12.8 Å². The molecule has 4 nitrogen and oxygen atoms in total. The lowest BCUT2D eigenvalue weighted by Crippen LogP contribution is -2.32. The maximum Gasteiger partial charge on any atom is 0.254 e. The highest BCUT2D eigenvalue weighted by atomic mass is 19.1. The van der Waals surface area contributed by atoms with Gasteiger partial charge in [-0.2, -0.15) is 0 Å². The summed E-state index contributed by atoms with van der Waals surface area (Å²) in [6.07, 6.45) is 3.60. The Balaban J connectivity index is 1.55. The molecule has 21 heavy (non-hydrogen) atoms. The van der Waals surface area contributed by atoms with Crippen molar-refractivity contribution in [2.75, 3.05) is 25.4 Å². The van der Waals surface area contributed by atoms with Gasteiger partial charge in [-0.25, -0.2) is 8.78 Å². The minimum absolute atomic E-state index is 0.203. The molecule has 1 saturated heterocycles. The van der Waals surface area contributed by atoms with Gasteiger partial charge < -0.3 is 16.0 Å². The maximum atomic E-state index is 13.6. The van der Waals surface area contributed by atoms with Crippen molar-refractivity contribution < 1.29 is 13.6 Å². The average Bonchev–Trinajstić information content (AvgIpc) is 3.19. The Labute approximate surface area is 122 Å². The van der Waals surface area contributed by atoms with Gasteiger partial charge in [0, 0.05) is 25.2 Å². The van der Waals surface area contributed by atoms with Gasteiger partial charge in [0.05, 0.1) is 11.3 Å². The number of carbonyl (C=O) groups is 1. The Morgan fingerprint density at radius 2 is 2.05 bits per heavy atom. The first kappa shape index (κ1) is 14.3. The minimum atomic E-state index is -0.884. The molecule has 1 aliphatic heterocycles. The van der Waals surface area contributed by atoms with Crippen LogP contribution in [0.3, 0.4) is 0 Å². The molecule has 6 heteroatoms. The van der Waals surface area contributed by atoms with Crippen molar-refractivity contribution in [3.8, 4) is 0 Å². The second kappa shape index (κ2) is 5.60. The van der Waals surface area contributed by atoms with E-state index in [1.54, 1.807) is 0 Å². The van der Waals surface area contributed by atoms with E-state index in [2.05, 4.69) is 10.2 Å². The van der Waals surface area contributed by atoms with Crippen LogP contribution < -0.4 is 11.1 Å². The molecule has 0 radical (unpaired) electrons. The molecule has 1 aliphatic carbocycles. The summed E-state index contributed by atoms with van der Waals surface area (Å²) in [6, 6.07) is 2.43. The number of nitrogen functional groups attached to an aromatic ring is 1. The fourth-order valence-electron chi connectivity index (χ4n) is 2.87. The number of halogens is 2. The summed E-state index contributed by atoms with van der Waals surface area (Å²) in [5.74, 6) is -1.87. The van der Waals surface area contributed by atoms with Crippen LogP contribution >= 0.6 is 0 Å². The van der Waals surface area contributed by atoms with Gasteiger partial charge in [-0.3, -0.25) is 4.79 Å². The van der Waals surface area contributed by atoms with Crippen LogP contribution in [-0.2, 0) is 0 Å². The zero-order valence-electron chi connectivity index (χ0n) is 11.7. The van der Waals surface area contributed by atoms with Gasteiger partial charge in [0.25, 0.3) is 5.91 Å². The fraction of sp³-hybridized carbons (Fsp3) is 0.533. The second-order valence-electron chi connectivity index (χ2n) is 5.94. The van der Waals surface area contributed by atoms with E-state index in [9.17, 15) is 13.6 Å². The first-order valence-corrected chi connectivity index (χ1v) is 7.31. The molecule has 1 amide bonds. The third-order valence-corrected chi connectivity index (χ3v) is 4.26. The molecule has 1 aromatic carbocycles. The number of nitrogens with two attached hydrogens (primary N) is 1. The van der Waals surface area contributed by atoms with E-state index < -0.39 is 17.5 Å². The van der Waals surface area contributed by atoms with Crippen LogP contribution in [0.15, 0.2) is 12.1 Å². The zero-order valence-corrected chi connectivity index (χ0v) is 11.7. The number of anilines is 1. The van der Waals surface area contributed by atoms with E-state index in [0.717, 1.165) is 31.6 Å². The van der Waals surface area contributed by atoms with Crippen LogP contribution in [0.4, 0.5) is 14.5 Å². The lowest BCUT2D eigenvalue weighted by atomic mass is 10.1. The topological polar surface area (TPSA) is 58.4 Å². The van der Waals surface area contributed by atoms with Crippen molar-refractivity contribution in [1.29, 1.82) is 0 Å². The smallest absolute Gasteiger partial charge is 0.254 e. The second-order valence-corrected chi connectivity index (χ2v) is 5.94. The van der Waals surface area contributed by atoms with Crippen molar-refractivity contribution >= 4 is 11.6 Å². The van der Waals surface area contributed by atoms with Crippen LogP contribution in [0, 0.1) is 17.6 Å². The minimum Gasteiger partial charge on any atom is -0.396 e. The van der Waals surface area contributed by atoms with E-state index in [1.807, 2.05) is 0 Å². The lowest BCUT2D eigenvalue weighted by molar-refractivity contribution is 0.0943. The number of amides is 1. The van der Waals surface area contributed by atoms with Crippen LogP contribution in [0.1, 0.15) is 29.6 Å². The number of carbonyl (C=O) groups excluding carboxylic acids is 1. The molecule has 3 N–H and O–H groups in total. The Hall–Kier alpha value is -1.69. The number of rotatable bonds is 4. The summed E-state index contributed by atoms with van der Waals surface area (Å²) in [4.78, 5) is 14.4. The summed E-state index contributed by atoms with van der Waals surface area (Å²) in [7, 11) is 0. The molecular formula is C15H19F2N3O. The fourth-order valence-corrected chi connectivity index (χ4v) is 2.87. The number of nitrogens with zero attached hydrogens (tertiary/aromatic N) is 1. The molecule has 1 unspecified atom stereocenters. The van der Waals surface area contributed by atoms with Gasteiger partial charge in [0.15, 0.2) is 0 Å². The standard InChI is InChI=1S/C15H19F2N3O/c16-12-6-13(17)14(18)5-11(12)15(21)19-7-9-3-4-20(8-9)10-1-2-10/h5-6,9-10H,1-4,7-8,18H2,(H,19,21). The molecule has 3 rings (SSSR count). The number of nitrogens with one attached hydrogen (secondary N) is 1. The van der Waals surface area contributed by atoms with Gasteiger partial charge in [-0.1, -0.05) is 0 Å². The van der Waals surface area contributed by atoms with Gasteiger partial charge in [-0.05, 0) is 37.8 Å². The molecular weight excluding hydrogens is 276 g/mol. The summed E-state index contributed by atoms with van der Waals surface area (Å²) in [6.45, 7) is 2.57. The van der Waals surface area contributed by atoms with Crippen molar-refractivity contribution in [3.63, 3.8) is 0 Å². The number of likely N-dealkylation sites (tertiary alicyclic amines) is 1. The molecule has 0 bridgehead atoms. The molecule has 1 atom stereocenters. The van der Waals surface area contributed by atoms with Crippen molar-refractivity contribution in [1.82, 2.24) is 10.2 Å². The molecule has 2 fully saturated rings. The Bertz CT molecular complexity index is 560. The highest BCUT2D eigenvalue weighted by Crippen LogP contribution is 2.31. The highest BCUT2D eigenvalue weighted by molar-refractivity contribution is 5.95. The molecule has 2 aliphatic rings. The van der Waals surface area contributed by atoms with Gasteiger partial charge >= 0.3 is 0 Å². The maximum absolute atomic E-state index is 13.6. The van der Waals surface area contributed by atoms with Gasteiger partial charge in [-0.15, -0.1) is 0 Å². The first-order valence-electron chi connectivity index (χ1n) is 7.31. The monoisotopic (exact) mass is 295 g/mol. The predicted molar refractivity (Wildman–Crippen MR) is 75.8 cm³/mol. The normalized spacial score (nSPS) is 22.5. The van der Waals surface area contributed by atoms with Crippen LogP contribution in [0.2, 0.25) is 0 Å². The van der Waals surface area contributed by atoms with Crippen molar-refractivity contribution in [2.45, 2.75) is 25.3 Å². The van der Waals surface area contributed by atoms with Crippen LogP contribution in [0.5, 0.6) is 0 Å². The van der Waals surface area contributed by atoms with Gasteiger partial charge in [0.1, 0.15) is 11.6 Å². The largest absolute Gasteiger partial charge is 0.396 e. The quantitative estimate of drug-likeness (QED) is 0.832.